The number of hydrogen-bond donors (Lipinski definition) is 1. The zero-order valence-corrected chi connectivity index (χ0v) is 11.2. The van der Waals surface area contributed by atoms with Gasteiger partial charge < -0.3 is 5.32 Å². The highest BCUT2D eigenvalue weighted by Crippen LogP contribution is 2.30. The standard InChI is InChI=1S/C13H22N2S/c1-3-6-11-12(4-2)16-13(15-11)10-7-5-8-14-9-10/h10,14H,3-9H2,1-2H3. The Bertz CT molecular complexity index is 327. The summed E-state index contributed by atoms with van der Waals surface area (Å²) in [5.41, 5.74) is 1.37. The van der Waals surface area contributed by atoms with Crippen molar-refractivity contribution in [3.8, 4) is 0 Å². The fourth-order valence-electron chi connectivity index (χ4n) is 2.35. The Morgan fingerprint density at radius 2 is 2.31 bits per heavy atom. The lowest BCUT2D eigenvalue weighted by molar-refractivity contribution is 0.460. The molecule has 2 rings (SSSR count). The lowest BCUT2D eigenvalue weighted by Crippen LogP contribution is -2.28. The first kappa shape index (κ1) is 12.1. The van der Waals surface area contributed by atoms with Gasteiger partial charge in [0.1, 0.15) is 0 Å². The number of thiazole rings is 1. The van der Waals surface area contributed by atoms with Crippen LogP contribution in [0.25, 0.3) is 0 Å². The SMILES string of the molecule is CCCc1nc(C2CCCNC2)sc1CC. The molecule has 1 saturated heterocycles. The third-order valence-corrected chi connectivity index (χ3v) is 4.65. The van der Waals surface area contributed by atoms with E-state index in [-0.39, 0.29) is 0 Å². The van der Waals surface area contributed by atoms with Crippen molar-refractivity contribution in [2.75, 3.05) is 13.1 Å². The minimum absolute atomic E-state index is 0.676. The van der Waals surface area contributed by atoms with Crippen LogP contribution >= 0.6 is 11.3 Å². The smallest absolute Gasteiger partial charge is 0.0974 e. The van der Waals surface area contributed by atoms with E-state index in [2.05, 4.69) is 19.2 Å². The van der Waals surface area contributed by atoms with Crippen LogP contribution in [0, 0.1) is 0 Å². The number of aryl methyl sites for hydroxylation is 2. The molecule has 1 unspecified atom stereocenters. The highest BCUT2D eigenvalue weighted by atomic mass is 32.1. The molecule has 2 heterocycles. The normalized spacial score (nSPS) is 21.2. The summed E-state index contributed by atoms with van der Waals surface area (Å²) in [6.45, 7) is 6.79. The molecule has 1 fully saturated rings. The highest BCUT2D eigenvalue weighted by Gasteiger charge is 2.20. The van der Waals surface area contributed by atoms with Crippen LogP contribution in [-0.4, -0.2) is 18.1 Å². The van der Waals surface area contributed by atoms with Crippen LogP contribution in [0.2, 0.25) is 0 Å². The topological polar surface area (TPSA) is 24.9 Å². The molecule has 2 nitrogen and oxygen atoms in total. The molecule has 16 heavy (non-hydrogen) atoms. The van der Waals surface area contributed by atoms with Gasteiger partial charge in [-0.05, 0) is 32.2 Å². The fourth-order valence-corrected chi connectivity index (χ4v) is 3.53. The van der Waals surface area contributed by atoms with Gasteiger partial charge in [-0.15, -0.1) is 11.3 Å². The largest absolute Gasteiger partial charge is 0.316 e. The van der Waals surface area contributed by atoms with Crippen molar-refractivity contribution in [3.63, 3.8) is 0 Å². The molecule has 3 heteroatoms. The average molecular weight is 238 g/mol. The van der Waals surface area contributed by atoms with Gasteiger partial charge in [0.05, 0.1) is 10.7 Å². The first-order valence-corrected chi connectivity index (χ1v) is 7.36. The molecule has 1 N–H and O–H groups in total. The molecule has 1 aliphatic heterocycles. The molecule has 90 valence electrons. The van der Waals surface area contributed by atoms with Gasteiger partial charge in [-0.2, -0.15) is 0 Å². The minimum atomic E-state index is 0.676. The van der Waals surface area contributed by atoms with Crippen molar-refractivity contribution in [3.05, 3.63) is 15.6 Å². The molecule has 0 saturated carbocycles. The molecule has 1 aromatic rings. The van der Waals surface area contributed by atoms with Gasteiger partial charge in [0.2, 0.25) is 0 Å². The van der Waals surface area contributed by atoms with E-state index in [1.54, 1.807) is 0 Å². The van der Waals surface area contributed by atoms with Crippen LogP contribution in [0.1, 0.15) is 54.6 Å². The van der Waals surface area contributed by atoms with E-state index in [0.717, 1.165) is 19.4 Å². The third-order valence-electron chi connectivity index (χ3n) is 3.25. The highest BCUT2D eigenvalue weighted by molar-refractivity contribution is 7.11. The Hall–Kier alpha value is -0.410. The average Bonchev–Trinajstić information content (AvgIpc) is 2.74. The summed E-state index contributed by atoms with van der Waals surface area (Å²) in [5, 5.41) is 4.86. The monoisotopic (exact) mass is 238 g/mol. The van der Waals surface area contributed by atoms with E-state index in [1.807, 2.05) is 11.3 Å². The minimum Gasteiger partial charge on any atom is -0.316 e. The number of nitrogens with one attached hydrogen (secondary N) is 1. The second-order valence-electron chi connectivity index (χ2n) is 4.57. The second kappa shape index (κ2) is 5.78. The van der Waals surface area contributed by atoms with Crippen LogP contribution in [0.5, 0.6) is 0 Å². The summed E-state index contributed by atoms with van der Waals surface area (Å²) < 4.78 is 0. The van der Waals surface area contributed by atoms with Crippen molar-refractivity contribution in [1.82, 2.24) is 10.3 Å². The molecule has 0 aromatic carbocycles. The predicted molar refractivity (Wildman–Crippen MR) is 70.3 cm³/mol. The van der Waals surface area contributed by atoms with E-state index in [1.165, 1.54) is 41.4 Å². The number of rotatable bonds is 4. The lowest BCUT2D eigenvalue weighted by atomic mass is 10.0. The van der Waals surface area contributed by atoms with Gasteiger partial charge in [0, 0.05) is 17.3 Å². The maximum Gasteiger partial charge on any atom is 0.0974 e. The van der Waals surface area contributed by atoms with Crippen LogP contribution in [0.3, 0.4) is 0 Å². The predicted octanol–water partition coefficient (Wildman–Crippen LogP) is 3.13. The lowest BCUT2D eigenvalue weighted by Gasteiger charge is -2.20. The van der Waals surface area contributed by atoms with Crippen molar-refractivity contribution >= 4 is 11.3 Å². The Morgan fingerprint density at radius 1 is 1.44 bits per heavy atom. The molecule has 0 spiro atoms. The summed E-state index contributed by atoms with van der Waals surface area (Å²) in [4.78, 5) is 6.39. The fraction of sp³-hybridized carbons (Fsp3) is 0.769. The zero-order chi connectivity index (χ0) is 11.4. The van der Waals surface area contributed by atoms with Crippen molar-refractivity contribution in [1.29, 1.82) is 0 Å². The summed E-state index contributed by atoms with van der Waals surface area (Å²) >= 11 is 1.95. The summed E-state index contributed by atoms with van der Waals surface area (Å²) in [6.07, 6.45) is 6.12. The van der Waals surface area contributed by atoms with E-state index < -0.39 is 0 Å². The van der Waals surface area contributed by atoms with E-state index in [9.17, 15) is 0 Å². The van der Waals surface area contributed by atoms with E-state index >= 15 is 0 Å². The Morgan fingerprint density at radius 3 is 2.94 bits per heavy atom. The van der Waals surface area contributed by atoms with Crippen LogP contribution in [-0.2, 0) is 12.8 Å². The number of aromatic nitrogens is 1. The maximum atomic E-state index is 4.87. The molecule has 0 amide bonds. The zero-order valence-electron chi connectivity index (χ0n) is 10.4. The summed E-state index contributed by atoms with van der Waals surface area (Å²) in [6, 6.07) is 0. The van der Waals surface area contributed by atoms with Gasteiger partial charge in [-0.25, -0.2) is 4.98 Å². The molecular weight excluding hydrogens is 216 g/mol. The summed E-state index contributed by atoms with van der Waals surface area (Å²) in [7, 11) is 0. The molecule has 1 aliphatic rings. The van der Waals surface area contributed by atoms with Crippen molar-refractivity contribution in [2.45, 2.75) is 51.9 Å². The van der Waals surface area contributed by atoms with E-state index in [4.69, 9.17) is 4.98 Å². The molecular formula is C13H22N2S. The third kappa shape index (κ3) is 2.64. The first-order valence-electron chi connectivity index (χ1n) is 6.54. The van der Waals surface area contributed by atoms with Gasteiger partial charge in [0.15, 0.2) is 0 Å². The van der Waals surface area contributed by atoms with Crippen LogP contribution in [0.15, 0.2) is 0 Å². The van der Waals surface area contributed by atoms with Gasteiger partial charge in [-0.1, -0.05) is 20.3 Å². The summed E-state index contributed by atoms with van der Waals surface area (Å²) in [5.74, 6) is 0.676. The van der Waals surface area contributed by atoms with Crippen LogP contribution < -0.4 is 5.32 Å². The maximum absolute atomic E-state index is 4.87. The van der Waals surface area contributed by atoms with Gasteiger partial charge in [0.25, 0.3) is 0 Å². The quantitative estimate of drug-likeness (QED) is 0.871. The number of piperidine rings is 1. The Labute approximate surface area is 102 Å². The number of hydrogen-bond acceptors (Lipinski definition) is 3. The first-order chi connectivity index (χ1) is 7.85. The van der Waals surface area contributed by atoms with Crippen LogP contribution in [0.4, 0.5) is 0 Å². The molecule has 1 atom stereocenters. The second-order valence-corrected chi connectivity index (χ2v) is 5.68. The number of nitrogens with zero attached hydrogens (tertiary/aromatic N) is 1. The van der Waals surface area contributed by atoms with E-state index in [0.29, 0.717) is 5.92 Å². The Kier molecular flexibility index (Phi) is 4.36. The van der Waals surface area contributed by atoms with Crippen molar-refractivity contribution < 1.29 is 0 Å². The Balaban J connectivity index is 2.14. The van der Waals surface area contributed by atoms with Gasteiger partial charge >= 0.3 is 0 Å². The molecule has 0 aliphatic carbocycles. The molecule has 1 aromatic heterocycles. The molecule has 0 radical (unpaired) electrons. The van der Waals surface area contributed by atoms with Crippen molar-refractivity contribution in [2.24, 2.45) is 0 Å². The van der Waals surface area contributed by atoms with Gasteiger partial charge in [-0.3, -0.25) is 0 Å². The molecule has 0 bridgehead atoms.